The number of imide groups is 1. The zero-order valence-corrected chi connectivity index (χ0v) is 36.6. The number of thiophene rings is 1. The number of rotatable bonds is 12. The monoisotopic (exact) mass is 892 g/mol. The predicted molar refractivity (Wildman–Crippen MR) is 242 cm³/mol. The van der Waals surface area contributed by atoms with Gasteiger partial charge in [0.2, 0.25) is 17.7 Å². The molecule has 2 N–H and O–H groups in total. The molecule has 9 rings (SSSR count). The molecule has 16 heteroatoms. The highest BCUT2D eigenvalue weighted by molar-refractivity contribution is 7.15. The molecule has 14 nitrogen and oxygen atoms in total. The number of aromatic nitrogens is 2. The number of nitrogens with zero attached hydrogens (tertiary/aromatic N) is 6. The lowest BCUT2D eigenvalue weighted by Gasteiger charge is -2.29. The van der Waals surface area contributed by atoms with E-state index in [0.717, 1.165) is 38.7 Å². The summed E-state index contributed by atoms with van der Waals surface area (Å²) in [6.07, 6.45) is 2.43. The summed E-state index contributed by atoms with van der Waals surface area (Å²) >= 11 is 7.94. The maximum Gasteiger partial charge on any atom is 0.255 e. The fourth-order valence-electron chi connectivity index (χ4n) is 8.17. The van der Waals surface area contributed by atoms with Crippen molar-refractivity contribution >= 4 is 75.1 Å². The van der Waals surface area contributed by atoms with Gasteiger partial charge in [0.25, 0.3) is 5.91 Å². The van der Waals surface area contributed by atoms with Gasteiger partial charge in [0.1, 0.15) is 35.3 Å². The molecule has 1 saturated heterocycles. The van der Waals surface area contributed by atoms with Crippen molar-refractivity contribution in [2.45, 2.75) is 65.1 Å². The van der Waals surface area contributed by atoms with Gasteiger partial charge in [-0.1, -0.05) is 41.9 Å². The van der Waals surface area contributed by atoms with Gasteiger partial charge in [0.05, 0.1) is 30.1 Å². The summed E-state index contributed by atoms with van der Waals surface area (Å²) in [5.74, 6) is -0.429. The average molecular weight is 893 g/mol. The fraction of sp³-hybridized carbons (Fsp3) is 0.229. The Morgan fingerprint density at radius 2 is 1.66 bits per heavy atom. The van der Waals surface area contributed by atoms with Gasteiger partial charge < -0.3 is 15.0 Å². The second-order valence-electron chi connectivity index (χ2n) is 15.9. The first-order chi connectivity index (χ1) is 30.9. The Balaban J connectivity index is 0.797. The standard InChI is InChI=1S/C48H41ClN8O6S/c1-26-23-50-45-38(52-44(30-9-11-31(49)12-10-30)43-27(2)28(3)64-48(43)57(26)45)22-42(60)51-32-15-17-34(18-16-32)55-54-33-13-7-29(8-14-33)21-35(58)25-63-40-6-4-5-36-37(40)24-56(47(36)62)39-19-20-41(59)53-46(39)61/h4-18,23,38-39H,19-22,24-25H2,1-3H3,(H,51,60)(H,53,59,61)/t38-,39?/m0/s1. The summed E-state index contributed by atoms with van der Waals surface area (Å²) < 4.78 is 8.01. The van der Waals surface area contributed by atoms with Crippen LogP contribution in [0.15, 0.2) is 112 Å². The van der Waals surface area contributed by atoms with E-state index in [1.165, 1.54) is 9.78 Å². The number of aryl methyl sites for hydroxylation is 2. The first kappa shape index (κ1) is 42.2. The molecule has 1 fully saturated rings. The molecule has 3 aliphatic rings. The molecule has 6 aromatic rings. The summed E-state index contributed by atoms with van der Waals surface area (Å²) in [7, 11) is 0. The molecular weight excluding hydrogens is 852 g/mol. The van der Waals surface area contributed by atoms with E-state index in [9.17, 15) is 24.0 Å². The quantitative estimate of drug-likeness (QED) is 0.0911. The van der Waals surface area contributed by atoms with Crippen LogP contribution in [0, 0.1) is 20.8 Å². The van der Waals surface area contributed by atoms with Crippen LogP contribution in [-0.2, 0) is 32.1 Å². The third kappa shape index (κ3) is 8.51. The Labute approximate surface area is 377 Å². The Hall–Kier alpha value is -7.10. The molecule has 2 aromatic heterocycles. The van der Waals surface area contributed by atoms with Crippen molar-refractivity contribution in [1.82, 2.24) is 19.8 Å². The van der Waals surface area contributed by atoms with Gasteiger partial charge >= 0.3 is 0 Å². The number of aliphatic imine (C=N–C) groups is 1. The Kier molecular flexibility index (Phi) is 11.6. The summed E-state index contributed by atoms with van der Waals surface area (Å²) in [4.78, 5) is 76.4. The normalized spacial score (nSPS) is 16.8. The van der Waals surface area contributed by atoms with E-state index < -0.39 is 18.0 Å². The molecule has 4 aromatic carbocycles. The minimum Gasteiger partial charge on any atom is -0.485 e. The number of ketones is 1. The second kappa shape index (κ2) is 17.6. The van der Waals surface area contributed by atoms with E-state index in [-0.39, 0.29) is 62.3 Å². The zero-order valence-electron chi connectivity index (χ0n) is 35.1. The van der Waals surface area contributed by atoms with Crippen LogP contribution in [0.5, 0.6) is 5.75 Å². The second-order valence-corrected chi connectivity index (χ2v) is 17.5. The van der Waals surface area contributed by atoms with E-state index in [4.69, 9.17) is 26.3 Å². The number of ether oxygens (including phenoxy) is 1. The molecule has 0 aliphatic carbocycles. The zero-order chi connectivity index (χ0) is 44.6. The topological polar surface area (TPSA) is 177 Å². The maximum absolute atomic E-state index is 13.6. The number of piperidine rings is 1. The van der Waals surface area contributed by atoms with Gasteiger partial charge in [-0.25, -0.2) is 4.98 Å². The van der Waals surface area contributed by atoms with E-state index in [1.54, 1.807) is 78.1 Å². The highest BCUT2D eigenvalue weighted by Gasteiger charge is 2.40. The van der Waals surface area contributed by atoms with E-state index in [1.807, 2.05) is 37.4 Å². The van der Waals surface area contributed by atoms with Crippen molar-refractivity contribution in [3.05, 3.63) is 152 Å². The number of benzene rings is 4. The fourth-order valence-corrected chi connectivity index (χ4v) is 9.52. The minimum absolute atomic E-state index is 0.0700. The van der Waals surface area contributed by atoms with Gasteiger partial charge in [0, 0.05) is 62.6 Å². The van der Waals surface area contributed by atoms with Crippen LogP contribution >= 0.6 is 22.9 Å². The lowest BCUT2D eigenvalue weighted by atomic mass is 9.99. The number of hydrogen-bond donors (Lipinski definition) is 2. The van der Waals surface area contributed by atoms with Crippen molar-refractivity contribution in [2.75, 3.05) is 11.9 Å². The third-order valence-electron chi connectivity index (χ3n) is 11.5. The van der Waals surface area contributed by atoms with Gasteiger partial charge in [0.15, 0.2) is 5.78 Å². The molecule has 0 radical (unpaired) electrons. The molecule has 0 bridgehead atoms. The first-order valence-electron chi connectivity index (χ1n) is 20.7. The van der Waals surface area contributed by atoms with Crippen molar-refractivity contribution in [3.63, 3.8) is 0 Å². The molecule has 4 amide bonds. The maximum atomic E-state index is 13.6. The van der Waals surface area contributed by atoms with Crippen molar-refractivity contribution in [3.8, 4) is 10.8 Å². The Bertz CT molecular complexity index is 2920. The number of imidazole rings is 1. The number of carbonyl (C=O) groups excluding carboxylic acids is 5. The average Bonchev–Trinajstić information content (AvgIpc) is 3.90. The highest BCUT2D eigenvalue weighted by atomic mass is 35.5. The van der Waals surface area contributed by atoms with Gasteiger partial charge in [-0.2, -0.15) is 10.2 Å². The van der Waals surface area contributed by atoms with Crippen LogP contribution < -0.4 is 15.4 Å². The molecule has 322 valence electrons. The van der Waals surface area contributed by atoms with Crippen LogP contribution in [0.3, 0.4) is 0 Å². The molecule has 64 heavy (non-hydrogen) atoms. The summed E-state index contributed by atoms with van der Waals surface area (Å²) in [6.45, 7) is 6.16. The van der Waals surface area contributed by atoms with Crippen LogP contribution in [0.1, 0.15) is 79.9 Å². The largest absolute Gasteiger partial charge is 0.485 e. The molecule has 0 spiro atoms. The van der Waals surface area contributed by atoms with Gasteiger partial charge in [-0.3, -0.25) is 38.8 Å². The minimum atomic E-state index is -0.743. The number of anilines is 1. The molecule has 5 heterocycles. The Morgan fingerprint density at radius 1 is 0.938 bits per heavy atom. The lowest BCUT2D eigenvalue weighted by molar-refractivity contribution is -0.137. The highest BCUT2D eigenvalue weighted by Crippen LogP contribution is 2.40. The van der Waals surface area contributed by atoms with Crippen LogP contribution in [0.25, 0.3) is 5.00 Å². The number of amides is 4. The lowest BCUT2D eigenvalue weighted by Crippen LogP contribution is -2.52. The number of carbonyl (C=O) groups is 5. The van der Waals surface area contributed by atoms with Crippen molar-refractivity contribution in [2.24, 2.45) is 15.2 Å². The van der Waals surface area contributed by atoms with Crippen LogP contribution in [0.4, 0.5) is 17.1 Å². The molecule has 3 aliphatic heterocycles. The number of hydrogen-bond acceptors (Lipinski definition) is 11. The third-order valence-corrected chi connectivity index (χ3v) is 13.0. The van der Waals surface area contributed by atoms with Crippen LogP contribution in [0.2, 0.25) is 5.02 Å². The summed E-state index contributed by atoms with van der Waals surface area (Å²) in [6, 6.07) is 25.5. The molecular formula is C48H41ClN8O6S. The SMILES string of the molecule is Cc1sc2c(c1C)C(c1ccc(Cl)cc1)=N[C@@H](CC(=O)Nc1ccc(N=Nc3ccc(CC(=O)COc4cccc5c4CN(C4CCC(=O)NC4=O)C5=O)cc3)cc1)c1ncc(C)n1-2. The molecule has 1 unspecified atom stereocenters. The van der Waals surface area contributed by atoms with E-state index >= 15 is 0 Å². The summed E-state index contributed by atoms with van der Waals surface area (Å²) in [5.41, 5.74) is 8.40. The Morgan fingerprint density at radius 3 is 2.38 bits per heavy atom. The molecule has 2 atom stereocenters. The van der Waals surface area contributed by atoms with E-state index in [0.29, 0.717) is 44.8 Å². The smallest absolute Gasteiger partial charge is 0.255 e. The van der Waals surface area contributed by atoms with Gasteiger partial charge in [-0.05, 0) is 99.0 Å². The first-order valence-corrected chi connectivity index (χ1v) is 21.9. The number of nitrogens with one attached hydrogen (secondary N) is 2. The van der Waals surface area contributed by atoms with Crippen LogP contribution in [-0.4, -0.2) is 62.2 Å². The number of azo groups is 1. The summed E-state index contributed by atoms with van der Waals surface area (Å²) in [5, 5.41) is 15.7. The number of halogens is 1. The van der Waals surface area contributed by atoms with Gasteiger partial charge in [-0.15, -0.1) is 11.3 Å². The number of fused-ring (bicyclic) bond motifs is 4. The number of Topliss-reactive ketones (excluding diaryl/α,β-unsaturated/α-hetero) is 1. The predicted octanol–water partition coefficient (Wildman–Crippen LogP) is 8.80. The van der Waals surface area contributed by atoms with Crippen molar-refractivity contribution in [1.29, 1.82) is 0 Å². The van der Waals surface area contributed by atoms with Crippen molar-refractivity contribution < 1.29 is 28.7 Å². The molecule has 0 saturated carbocycles. The van der Waals surface area contributed by atoms with E-state index in [2.05, 4.69) is 39.3 Å².